The number of hydrogen-bond acceptors (Lipinski definition) is 8. The Hall–Kier alpha value is -3.32. The number of benzene rings is 1. The van der Waals surface area contributed by atoms with E-state index in [0.29, 0.717) is 48.8 Å². The third kappa shape index (κ3) is 4.41. The molecule has 160 valence electrons. The highest BCUT2D eigenvalue weighted by Gasteiger charge is 2.26. The van der Waals surface area contributed by atoms with Crippen LogP contribution in [0.1, 0.15) is 22.7 Å². The molecular weight excluding hydrogens is 414 g/mol. The van der Waals surface area contributed by atoms with Crippen molar-refractivity contribution in [3.05, 3.63) is 47.2 Å². The minimum absolute atomic E-state index is 0.0501. The Kier molecular flexibility index (Phi) is 5.95. The predicted molar refractivity (Wildman–Crippen MR) is 116 cm³/mol. The maximum absolute atomic E-state index is 12.8. The number of aryl methyl sites for hydroxylation is 3. The predicted octanol–water partition coefficient (Wildman–Crippen LogP) is 2.49. The van der Waals surface area contributed by atoms with Gasteiger partial charge < -0.3 is 14.2 Å². The molecule has 1 aliphatic heterocycles. The van der Waals surface area contributed by atoms with Crippen LogP contribution in [0.5, 0.6) is 0 Å². The second kappa shape index (κ2) is 8.81. The van der Waals surface area contributed by atoms with Crippen molar-refractivity contribution in [1.29, 1.82) is 5.26 Å². The van der Waals surface area contributed by atoms with Gasteiger partial charge in [-0.3, -0.25) is 9.36 Å². The highest BCUT2D eigenvalue weighted by atomic mass is 32.2. The van der Waals surface area contributed by atoms with Crippen LogP contribution < -0.4 is 4.90 Å². The molecule has 31 heavy (non-hydrogen) atoms. The first-order valence-electron chi connectivity index (χ1n) is 9.97. The van der Waals surface area contributed by atoms with Crippen molar-refractivity contribution in [3.63, 3.8) is 0 Å². The molecule has 1 fully saturated rings. The number of oxazole rings is 1. The maximum Gasteiger partial charge on any atom is 0.234 e. The summed E-state index contributed by atoms with van der Waals surface area (Å²) in [5.74, 6) is 1.29. The summed E-state index contributed by atoms with van der Waals surface area (Å²) in [5, 5.41) is 18.1. The molecule has 10 heteroatoms. The molecule has 0 atom stereocenters. The van der Waals surface area contributed by atoms with Crippen molar-refractivity contribution in [3.8, 4) is 11.8 Å². The highest BCUT2D eigenvalue weighted by Crippen LogP contribution is 2.25. The normalized spacial score (nSPS) is 14.0. The Bertz CT molecular complexity index is 1140. The van der Waals surface area contributed by atoms with Crippen LogP contribution in [-0.4, -0.2) is 62.5 Å². The lowest BCUT2D eigenvalue weighted by Gasteiger charge is -2.34. The Morgan fingerprint density at radius 2 is 2.00 bits per heavy atom. The molecule has 1 amide bonds. The summed E-state index contributed by atoms with van der Waals surface area (Å²) in [4.78, 5) is 20.7. The molecule has 1 aromatic carbocycles. The van der Waals surface area contributed by atoms with Crippen LogP contribution in [0, 0.1) is 32.1 Å². The Morgan fingerprint density at radius 1 is 1.23 bits per heavy atom. The Labute approximate surface area is 184 Å². The smallest absolute Gasteiger partial charge is 0.234 e. The highest BCUT2D eigenvalue weighted by molar-refractivity contribution is 7.99. The minimum Gasteiger partial charge on any atom is -0.424 e. The van der Waals surface area contributed by atoms with Crippen molar-refractivity contribution in [2.45, 2.75) is 25.9 Å². The van der Waals surface area contributed by atoms with Gasteiger partial charge in [-0.05, 0) is 25.5 Å². The SMILES string of the molecule is Cc1ccc(-n2cnnc2SCC(=O)N2CCN(c3oc(C)nc3C#N)CC2)c(C)c1. The van der Waals surface area contributed by atoms with E-state index in [1.807, 2.05) is 20.4 Å². The van der Waals surface area contributed by atoms with Crippen LogP contribution >= 0.6 is 11.8 Å². The molecule has 0 aliphatic carbocycles. The summed E-state index contributed by atoms with van der Waals surface area (Å²) in [6, 6.07) is 8.27. The molecule has 9 nitrogen and oxygen atoms in total. The lowest BCUT2D eigenvalue weighted by molar-refractivity contribution is -0.128. The summed E-state index contributed by atoms with van der Waals surface area (Å²) in [6.07, 6.45) is 1.68. The third-order valence-electron chi connectivity index (χ3n) is 5.19. The van der Waals surface area contributed by atoms with E-state index in [0.717, 1.165) is 11.3 Å². The molecule has 0 saturated carbocycles. The Morgan fingerprint density at radius 3 is 2.71 bits per heavy atom. The molecule has 0 spiro atoms. The van der Waals surface area contributed by atoms with Gasteiger partial charge >= 0.3 is 0 Å². The average molecular weight is 438 g/mol. The fourth-order valence-corrected chi connectivity index (χ4v) is 4.47. The number of aromatic nitrogens is 4. The van der Waals surface area contributed by atoms with Crippen LogP contribution in [0.2, 0.25) is 0 Å². The average Bonchev–Trinajstić information content (AvgIpc) is 3.38. The third-order valence-corrected chi connectivity index (χ3v) is 6.12. The zero-order valence-electron chi connectivity index (χ0n) is 17.7. The number of carbonyl (C=O) groups is 1. The molecular formula is C21H23N7O2S. The van der Waals surface area contributed by atoms with E-state index in [9.17, 15) is 10.1 Å². The molecule has 1 saturated heterocycles. The zero-order valence-corrected chi connectivity index (χ0v) is 18.5. The van der Waals surface area contributed by atoms with Crippen LogP contribution in [0.3, 0.4) is 0 Å². The fourth-order valence-electron chi connectivity index (χ4n) is 3.64. The minimum atomic E-state index is 0.0501. The standard InChI is InChI=1S/C21H23N7O2S/c1-14-4-5-18(15(2)10-14)28-13-23-25-21(28)31-12-19(29)26-6-8-27(9-7-26)20-17(11-22)24-16(3)30-20/h4-5,10,13H,6-9,12H2,1-3H3. The molecule has 0 N–H and O–H groups in total. The number of hydrogen-bond donors (Lipinski definition) is 0. The summed E-state index contributed by atoms with van der Waals surface area (Å²) >= 11 is 1.38. The lowest BCUT2D eigenvalue weighted by Crippen LogP contribution is -2.49. The number of rotatable bonds is 5. The van der Waals surface area contributed by atoms with Gasteiger partial charge in [-0.2, -0.15) is 5.26 Å². The summed E-state index contributed by atoms with van der Waals surface area (Å²) in [6.45, 7) is 8.15. The molecule has 3 heterocycles. The molecule has 3 aromatic rings. The molecule has 0 bridgehead atoms. The van der Waals surface area contributed by atoms with Gasteiger partial charge in [0.05, 0.1) is 11.4 Å². The monoisotopic (exact) mass is 437 g/mol. The molecule has 0 radical (unpaired) electrons. The van der Waals surface area contributed by atoms with Crippen molar-refractivity contribution < 1.29 is 9.21 Å². The largest absolute Gasteiger partial charge is 0.424 e. The number of nitriles is 1. The van der Waals surface area contributed by atoms with Crippen LogP contribution in [0.4, 0.5) is 5.88 Å². The molecule has 4 rings (SSSR count). The second-order valence-corrected chi connectivity index (χ2v) is 8.37. The van der Waals surface area contributed by atoms with E-state index in [1.165, 1.54) is 17.3 Å². The Balaban J connectivity index is 1.36. The van der Waals surface area contributed by atoms with Crippen LogP contribution in [-0.2, 0) is 4.79 Å². The first-order valence-corrected chi connectivity index (χ1v) is 11.0. The number of anilines is 1. The van der Waals surface area contributed by atoms with Gasteiger partial charge in [0.1, 0.15) is 12.4 Å². The van der Waals surface area contributed by atoms with Gasteiger partial charge in [0, 0.05) is 33.1 Å². The van der Waals surface area contributed by atoms with Gasteiger partial charge in [0.2, 0.25) is 17.5 Å². The summed E-state index contributed by atoms with van der Waals surface area (Å²) in [5.41, 5.74) is 3.62. The number of thioether (sulfide) groups is 1. The first kappa shape index (κ1) is 20.9. The number of carbonyl (C=O) groups excluding carboxylic acids is 1. The van der Waals surface area contributed by atoms with Gasteiger partial charge in [-0.15, -0.1) is 10.2 Å². The van der Waals surface area contributed by atoms with Gasteiger partial charge in [-0.25, -0.2) is 4.98 Å². The van der Waals surface area contributed by atoms with Crippen molar-refractivity contribution in [1.82, 2.24) is 24.6 Å². The summed E-state index contributed by atoms with van der Waals surface area (Å²) < 4.78 is 7.49. The maximum atomic E-state index is 12.8. The summed E-state index contributed by atoms with van der Waals surface area (Å²) in [7, 11) is 0. The first-order chi connectivity index (χ1) is 15.0. The molecule has 0 unspecified atom stereocenters. The van der Waals surface area contributed by atoms with Gasteiger partial charge in [0.25, 0.3) is 0 Å². The lowest BCUT2D eigenvalue weighted by atomic mass is 10.1. The quantitative estimate of drug-likeness (QED) is 0.561. The van der Waals surface area contributed by atoms with E-state index < -0.39 is 0 Å². The molecule has 1 aliphatic rings. The second-order valence-electron chi connectivity index (χ2n) is 7.43. The topological polar surface area (TPSA) is 104 Å². The zero-order chi connectivity index (χ0) is 22.0. The number of piperazine rings is 1. The van der Waals surface area contributed by atoms with E-state index in [2.05, 4.69) is 47.2 Å². The van der Waals surface area contributed by atoms with Crippen LogP contribution in [0.25, 0.3) is 5.69 Å². The fraction of sp³-hybridized carbons (Fsp3) is 0.381. The van der Waals surface area contributed by atoms with Crippen LogP contribution in [0.15, 0.2) is 34.1 Å². The van der Waals surface area contributed by atoms with Crippen molar-refractivity contribution >= 4 is 23.6 Å². The van der Waals surface area contributed by atoms with Crippen molar-refractivity contribution in [2.24, 2.45) is 0 Å². The van der Waals surface area contributed by atoms with E-state index >= 15 is 0 Å². The van der Waals surface area contributed by atoms with E-state index in [1.54, 1.807) is 13.3 Å². The molecule has 2 aromatic heterocycles. The van der Waals surface area contributed by atoms with Gasteiger partial charge in [-0.1, -0.05) is 29.5 Å². The van der Waals surface area contributed by atoms with Crippen molar-refractivity contribution in [2.75, 3.05) is 36.8 Å². The van der Waals surface area contributed by atoms with E-state index in [-0.39, 0.29) is 11.7 Å². The number of nitrogens with zero attached hydrogens (tertiary/aromatic N) is 7. The number of amides is 1. The van der Waals surface area contributed by atoms with E-state index in [4.69, 9.17) is 4.42 Å². The van der Waals surface area contributed by atoms with Gasteiger partial charge in [0.15, 0.2) is 11.0 Å².